The summed E-state index contributed by atoms with van der Waals surface area (Å²) < 4.78 is 15.1. The third kappa shape index (κ3) is 3.20. The van der Waals surface area contributed by atoms with Gasteiger partial charge in [-0.15, -0.1) is 0 Å². The Balaban J connectivity index is 1.69. The zero-order chi connectivity index (χ0) is 17.2. The second-order valence-corrected chi connectivity index (χ2v) is 6.32. The molecule has 2 N–H and O–H groups in total. The summed E-state index contributed by atoms with van der Waals surface area (Å²) in [7, 11) is 0. The second-order valence-electron chi connectivity index (χ2n) is 6.32. The Bertz CT molecular complexity index is 897. The lowest BCUT2D eigenvalue weighted by molar-refractivity contribution is 0.248. The van der Waals surface area contributed by atoms with Crippen LogP contribution in [0.5, 0.6) is 0 Å². The minimum atomic E-state index is -0.305. The molecular weight excluding hydrogens is 319 g/mol. The van der Waals surface area contributed by atoms with Crippen molar-refractivity contribution in [1.82, 2.24) is 14.7 Å². The fourth-order valence-corrected chi connectivity index (χ4v) is 3.32. The van der Waals surface area contributed by atoms with Gasteiger partial charge in [0.15, 0.2) is 0 Å². The van der Waals surface area contributed by atoms with Gasteiger partial charge in [0.2, 0.25) is 0 Å². The normalized spacial score (nSPS) is 14.8. The Kier molecular flexibility index (Phi) is 4.09. The minimum absolute atomic E-state index is 0.230. The molecule has 0 aliphatic heterocycles. The minimum Gasteiger partial charge on any atom is -0.335 e. The van der Waals surface area contributed by atoms with Crippen molar-refractivity contribution in [2.24, 2.45) is 0 Å². The molecule has 2 aromatic heterocycles. The van der Waals surface area contributed by atoms with Crippen LogP contribution in [0.3, 0.4) is 0 Å². The van der Waals surface area contributed by atoms with E-state index in [1.54, 1.807) is 12.1 Å². The van der Waals surface area contributed by atoms with E-state index in [9.17, 15) is 9.18 Å². The molecule has 1 aromatic carbocycles. The fourth-order valence-electron chi connectivity index (χ4n) is 3.32. The van der Waals surface area contributed by atoms with Crippen molar-refractivity contribution in [3.05, 3.63) is 54.5 Å². The first-order valence-corrected chi connectivity index (χ1v) is 8.51. The van der Waals surface area contributed by atoms with Crippen LogP contribution in [0.25, 0.3) is 16.9 Å². The molecule has 1 fully saturated rings. The summed E-state index contributed by atoms with van der Waals surface area (Å²) >= 11 is 0. The topological polar surface area (TPSA) is 58.4 Å². The molecule has 0 spiro atoms. The largest absolute Gasteiger partial charge is 0.335 e. The highest BCUT2D eigenvalue weighted by Gasteiger charge is 2.20. The first-order valence-electron chi connectivity index (χ1n) is 8.51. The smallest absolute Gasteiger partial charge is 0.320 e. The van der Waals surface area contributed by atoms with Gasteiger partial charge >= 0.3 is 6.03 Å². The summed E-state index contributed by atoms with van der Waals surface area (Å²) in [6, 6.07) is 11.7. The predicted octanol–water partition coefficient (Wildman–Crippen LogP) is 4.20. The lowest BCUT2D eigenvalue weighted by Crippen LogP contribution is -2.36. The van der Waals surface area contributed by atoms with Gasteiger partial charge in [0.05, 0.1) is 0 Å². The van der Waals surface area contributed by atoms with E-state index in [1.165, 1.54) is 12.1 Å². The number of imidazole rings is 1. The number of fused-ring (bicyclic) bond motifs is 1. The van der Waals surface area contributed by atoms with E-state index in [1.807, 2.05) is 28.8 Å². The average Bonchev–Trinajstić information content (AvgIpc) is 3.24. The Morgan fingerprint density at radius 3 is 2.64 bits per heavy atom. The third-order valence-corrected chi connectivity index (χ3v) is 4.57. The van der Waals surface area contributed by atoms with E-state index in [2.05, 4.69) is 15.6 Å². The number of rotatable bonds is 3. The Morgan fingerprint density at radius 1 is 1.12 bits per heavy atom. The summed E-state index contributed by atoms with van der Waals surface area (Å²) in [6.07, 6.45) is 6.19. The molecular formula is C19H19FN4O. The van der Waals surface area contributed by atoms with Gasteiger partial charge in [-0.25, -0.2) is 14.2 Å². The average molecular weight is 338 g/mol. The van der Waals surface area contributed by atoms with Gasteiger partial charge in [-0.05, 0) is 49.2 Å². The molecule has 0 bridgehead atoms. The third-order valence-electron chi connectivity index (χ3n) is 4.57. The maximum absolute atomic E-state index is 13.2. The van der Waals surface area contributed by atoms with Gasteiger partial charge < -0.3 is 5.32 Å². The number of aromatic nitrogens is 2. The SMILES string of the molecule is O=C(Nc1c(-c2ccc(F)cc2)nc2ccccn12)NC1CCCC1. The zero-order valence-corrected chi connectivity index (χ0v) is 13.7. The van der Waals surface area contributed by atoms with E-state index in [0.29, 0.717) is 11.5 Å². The Morgan fingerprint density at radius 2 is 1.88 bits per heavy atom. The van der Waals surface area contributed by atoms with Crippen molar-refractivity contribution in [2.45, 2.75) is 31.7 Å². The number of hydrogen-bond acceptors (Lipinski definition) is 2. The van der Waals surface area contributed by atoms with E-state index >= 15 is 0 Å². The molecule has 1 aliphatic rings. The van der Waals surface area contributed by atoms with Crippen LogP contribution >= 0.6 is 0 Å². The van der Waals surface area contributed by atoms with E-state index in [4.69, 9.17) is 0 Å². The molecule has 2 amide bonds. The van der Waals surface area contributed by atoms with Crippen molar-refractivity contribution < 1.29 is 9.18 Å². The van der Waals surface area contributed by atoms with Gasteiger partial charge in [-0.2, -0.15) is 0 Å². The number of nitrogens with one attached hydrogen (secondary N) is 2. The molecule has 5 nitrogen and oxygen atoms in total. The van der Waals surface area contributed by atoms with Gasteiger partial charge in [-0.1, -0.05) is 18.9 Å². The molecule has 0 saturated heterocycles. The number of halogens is 1. The van der Waals surface area contributed by atoms with Crippen LogP contribution in [0.4, 0.5) is 15.0 Å². The molecule has 6 heteroatoms. The quantitative estimate of drug-likeness (QED) is 0.752. The standard InChI is InChI=1S/C19H19FN4O/c20-14-10-8-13(9-11-14)17-18(24-12-4-3-7-16(24)22-17)23-19(25)21-15-5-1-2-6-15/h3-4,7-12,15H,1-2,5-6H2,(H2,21,23,25). The van der Waals surface area contributed by atoms with Crippen LogP contribution in [0.2, 0.25) is 0 Å². The molecule has 4 rings (SSSR count). The molecule has 128 valence electrons. The summed E-state index contributed by atoms with van der Waals surface area (Å²) in [4.78, 5) is 17.0. The van der Waals surface area contributed by atoms with Crippen LogP contribution in [-0.2, 0) is 0 Å². The molecule has 3 aromatic rings. The molecule has 0 radical (unpaired) electrons. The number of carbonyl (C=O) groups is 1. The second kappa shape index (κ2) is 6.55. The number of hydrogen-bond donors (Lipinski definition) is 2. The maximum atomic E-state index is 13.2. The summed E-state index contributed by atoms with van der Waals surface area (Å²) in [5.74, 6) is 0.277. The van der Waals surface area contributed by atoms with Gasteiger partial charge in [-0.3, -0.25) is 9.72 Å². The highest BCUT2D eigenvalue weighted by atomic mass is 19.1. The van der Waals surface area contributed by atoms with Crippen LogP contribution in [0.15, 0.2) is 48.7 Å². The van der Waals surface area contributed by atoms with Gasteiger partial charge in [0.25, 0.3) is 0 Å². The first kappa shape index (κ1) is 15.6. The summed E-state index contributed by atoms with van der Waals surface area (Å²) in [5.41, 5.74) is 2.09. The van der Waals surface area contributed by atoms with Crippen molar-refractivity contribution in [1.29, 1.82) is 0 Å². The summed E-state index contributed by atoms with van der Waals surface area (Å²) in [6.45, 7) is 0. The fraction of sp³-hybridized carbons (Fsp3) is 0.263. The van der Waals surface area contributed by atoms with E-state index in [0.717, 1.165) is 36.9 Å². The van der Waals surface area contributed by atoms with Crippen LogP contribution in [0, 0.1) is 5.82 Å². The van der Waals surface area contributed by atoms with Crippen molar-refractivity contribution in [3.8, 4) is 11.3 Å². The number of urea groups is 1. The highest BCUT2D eigenvalue weighted by molar-refractivity contribution is 5.93. The number of nitrogens with zero attached hydrogens (tertiary/aromatic N) is 2. The van der Waals surface area contributed by atoms with Crippen LogP contribution in [0.1, 0.15) is 25.7 Å². The van der Waals surface area contributed by atoms with E-state index < -0.39 is 0 Å². The number of amides is 2. The molecule has 1 aliphatic carbocycles. The first-order chi connectivity index (χ1) is 12.2. The van der Waals surface area contributed by atoms with Gasteiger partial charge in [0, 0.05) is 17.8 Å². The molecule has 1 saturated carbocycles. The lowest BCUT2D eigenvalue weighted by Gasteiger charge is -2.13. The van der Waals surface area contributed by atoms with Gasteiger partial charge in [0.1, 0.15) is 23.0 Å². The Hall–Kier alpha value is -2.89. The number of carbonyl (C=O) groups excluding carboxylic acids is 1. The molecule has 0 atom stereocenters. The number of benzene rings is 1. The highest BCUT2D eigenvalue weighted by Crippen LogP contribution is 2.29. The lowest BCUT2D eigenvalue weighted by atomic mass is 10.1. The van der Waals surface area contributed by atoms with E-state index in [-0.39, 0.29) is 17.9 Å². The van der Waals surface area contributed by atoms with Crippen molar-refractivity contribution >= 4 is 17.5 Å². The van der Waals surface area contributed by atoms with Crippen molar-refractivity contribution in [3.63, 3.8) is 0 Å². The monoisotopic (exact) mass is 338 g/mol. The molecule has 0 unspecified atom stereocenters. The maximum Gasteiger partial charge on any atom is 0.320 e. The number of anilines is 1. The number of pyridine rings is 1. The predicted molar refractivity (Wildman–Crippen MR) is 95.0 cm³/mol. The summed E-state index contributed by atoms with van der Waals surface area (Å²) in [5, 5.41) is 5.95. The molecule has 2 heterocycles. The van der Waals surface area contributed by atoms with Crippen LogP contribution in [-0.4, -0.2) is 21.5 Å². The zero-order valence-electron chi connectivity index (χ0n) is 13.7. The molecule has 25 heavy (non-hydrogen) atoms. The van der Waals surface area contributed by atoms with Crippen LogP contribution < -0.4 is 10.6 Å². The Labute approximate surface area is 144 Å². The van der Waals surface area contributed by atoms with Crippen molar-refractivity contribution in [2.75, 3.05) is 5.32 Å².